The molecule has 0 radical (unpaired) electrons. The zero-order chi connectivity index (χ0) is 16.8. The first-order chi connectivity index (χ1) is 11.0. The zero-order valence-corrected chi connectivity index (χ0v) is 13.0. The highest BCUT2D eigenvalue weighted by Gasteiger charge is 2.45. The summed E-state index contributed by atoms with van der Waals surface area (Å²) in [4.78, 5) is 11.3. The van der Waals surface area contributed by atoms with E-state index >= 15 is 0 Å². The van der Waals surface area contributed by atoms with Crippen LogP contribution in [0.3, 0.4) is 0 Å². The molecular formula is C16H23NO6. The first-order valence-electron chi connectivity index (χ1n) is 7.58. The van der Waals surface area contributed by atoms with Gasteiger partial charge in [-0.2, -0.15) is 0 Å². The van der Waals surface area contributed by atoms with Gasteiger partial charge in [-0.05, 0) is 12.0 Å². The van der Waals surface area contributed by atoms with E-state index in [0.717, 1.165) is 5.56 Å². The van der Waals surface area contributed by atoms with E-state index in [1.165, 1.54) is 6.92 Å². The van der Waals surface area contributed by atoms with Crippen LogP contribution in [0.25, 0.3) is 0 Å². The number of amides is 1. The van der Waals surface area contributed by atoms with Gasteiger partial charge in [-0.25, -0.2) is 0 Å². The van der Waals surface area contributed by atoms with Crippen molar-refractivity contribution in [1.82, 2.24) is 5.32 Å². The molecule has 1 aromatic carbocycles. The molecule has 1 aliphatic rings. The van der Waals surface area contributed by atoms with E-state index in [2.05, 4.69) is 5.32 Å². The molecule has 4 N–H and O–H groups in total. The molecule has 1 saturated heterocycles. The van der Waals surface area contributed by atoms with Gasteiger partial charge in [0.05, 0.1) is 13.2 Å². The summed E-state index contributed by atoms with van der Waals surface area (Å²) in [6, 6.07) is 8.80. The van der Waals surface area contributed by atoms with E-state index < -0.39 is 37.3 Å². The summed E-state index contributed by atoms with van der Waals surface area (Å²) in [6.45, 7) is 1.16. The Morgan fingerprint density at radius 3 is 2.57 bits per heavy atom. The number of aliphatic hydroxyl groups excluding tert-OH is 3. The molecule has 5 atom stereocenters. The lowest BCUT2D eigenvalue weighted by atomic mass is 9.97. The van der Waals surface area contributed by atoms with E-state index in [1.807, 2.05) is 30.3 Å². The number of carbonyl (C=O) groups is 1. The Morgan fingerprint density at radius 1 is 1.26 bits per heavy atom. The number of rotatable bonds is 6. The van der Waals surface area contributed by atoms with Crippen molar-refractivity contribution < 1.29 is 29.6 Å². The normalized spacial score (nSPS) is 30.9. The van der Waals surface area contributed by atoms with Gasteiger partial charge in [0.1, 0.15) is 24.4 Å². The van der Waals surface area contributed by atoms with Crippen molar-refractivity contribution in [3.05, 3.63) is 35.9 Å². The van der Waals surface area contributed by atoms with Crippen molar-refractivity contribution in [2.45, 2.75) is 44.0 Å². The molecule has 1 amide bonds. The smallest absolute Gasteiger partial charge is 0.217 e. The highest BCUT2D eigenvalue weighted by atomic mass is 16.7. The maximum atomic E-state index is 11.3. The maximum Gasteiger partial charge on any atom is 0.217 e. The molecule has 2 rings (SSSR count). The van der Waals surface area contributed by atoms with Crippen LogP contribution in [0.5, 0.6) is 0 Å². The molecule has 7 heteroatoms. The predicted octanol–water partition coefficient (Wildman–Crippen LogP) is -0.811. The number of nitrogens with one attached hydrogen (secondary N) is 1. The quantitative estimate of drug-likeness (QED) is 0.545. The lowest BCUT2D eigenvalue weighted by Crippen LogP contribution is -2.64. The summed E-state index contributed by atoms with van der Waals surface area (Å²) in [7, 11) is 0. The minimum atomic E-state index is -1.30. The van der Waals surface area contributed by atoms with E-state index in [0.29, 0.717) is 13.0 Å². The van der Waals surface area contributed by atoms with Gasteiger partial charge in [-0.1, -0.05) is 30.3 Å². The van der Waals surface area contributed by atoms with Crippen molar-refractivity contribution >= 4 is 5.91 Å². The third-order valence-corrected chi connectivity index (χ3v) is 3.77. The van der Waals surface area contributed by atoms with Crippen LogP contribution in [-0.4, -0.2) is 65.1 Å². The summed E-state index contributed by atoms with van der Waals surface area (Å²) in [5.74, 6) is -0.371. The van der Waals surface area contributed by atoms with Crippen molar-refractivity contribution in [1.29, 1.82) is 0 Å². The molecule has 0 unspecified atom stereocenters. The molecule has 0 aliphatic carbocycles. The highest BCUT2D eigenvalue weighted by Crippen LogP contribution is 2.22. The van der Waals surface area contributed by atoms with Gasteiger partial charge in [0.15, 0.2) is 6.29 Å². The first-order valence-corrected chi connectivity index (χ1v) is 7.58. The molecule has 128 valence electrons. The largest absolute Gasteiger partial charge is 0.394 e. The number of carbonyl (C=O) groups excluding carboxylic acids is 1. The molecule has 1 aliphatic heterocycles. The van der Waals surface area contributed by atoms with Gasteiger partial charge in [0, 0.05) is 6.92 Å². The van der Waals surface area contributed by atoms with E-state index in [-0.39, 0.29) is 5.91 Å². The number of ether oxygens (including phenoxy) is 2. The van der Waals surface area contributed by atoms with Crippen LogP contribution in [-0.2, 0) is 20.7 Å². The fraction of sp³-hybridized carbons (Fsp3) is 0.562. The summed E-state index contributed by atoms with van der Waals surface area (Å²) >= 11 is 0. The molecule has 1 heterocycles. The summed E-state index contributed by atoms with van der Waals surface area (Å²) in [6.07, 6.45) is -3.86. The Kier molecular flexibility index (Phi) is 6.49. The molecular weight excluding hydrogens is 302 g/mol. The Balaban J connectivity index is 1.98. The van der Waals surface area contributed by atoms with Crippen LogP contribution in [0.1, 0.15) is 12.5 Å². The van der Waals surface area contributed by atoms with Gasteiger partial charge in [-0.3, -0.25) is 4.79 Å². The van der Waals surface area contributed by atoms with Crippen LogP contribution in [0.2, 0.25) is 0 Å². The van der Waals surface area contributed by atoms with Gasteiger partial charge < -0.3 is 30.1 Å². The van der Waals surface area contributed by atoms with Crippen molar-refractivity contribution in [3.63, 3.8) is 0 Å². The third-order valence-electron chi connectivity index (χ3n) is 3.77. The topological polar surface area (TPSA) is 108 Å². The molecule has 0 spiro atoms. The monoisotopic (exact) mass is 325 g/mol. The minimum absolute atomic E-state index is 0.311. The lowest BCUT2D eigenvalue weighted by Gasteiger charge is -2.42. The predicted molar refractivity (Wildman–Crippen MR) is 81.5 cm³/mol. The Hall–Kier alpha value is -1.51. The Morgan fingerprint density at radius 2 is 1.96 bits per heavy atom. The van der Waals surface area contributed by atoms with Crippen LogP contribution in [0, 0.1) is 0 Å². The van der Waals surface area contributed by atoms with E-state index in [1.54, 1.807) is 0 Å². The number of benzene rings is 1. The standard InChI is InChI=1S/C16H23NO6/c1-10(19)17-13-15(21)14(20)12(9-18)23-16(13)22-8-7-11-5-3-2-4-6-11/h2-6,12-16,18,20-21H,7-9H2,1H3,(H,17,19)/t12-,13-,14+,15-,16-/m0/s1. The van der Waals surface area contributed by atoms with E-state index in [9.17, 15) is 20.1 Å². The molecule has 1 aromatic rings. The number of hydrogen-bond donors (Lipinski definition) is 4. The fourth-order valence-electron chi connectivity index (χ4n) is 2.55. The maximum absolute atomic E-state index is 11.3. The van der Waals surface area contributed by atoms with E-state index in [4.69, 9.17) is 9.47 Å². The Bertz CT molecular complexity index is 497. The third kappa shape index (κ3) is 4.73. The zero-order valence-electron chi connectivity index (χ0n) is 13.0. The summed E-state index contributed by atoms with van der Waals surface area (Å²) in [5, 5.41) is 31.8. The van der Waals surface area contributed by atoms with Crippen LogP contribution >= 0.6 is 0 Å². The molecule has 0 aromatic heterocycles. The van der Waals surface area contributed by atoms with Gasteiger partial charge in [-0.15, -0.1) is 0 Å². The van der Waals surface area contributed by atoms with Crippen LogP contribution in [0.15, 0.2) is 30.3 Å². The van der Waals surface area contributed by atoms with Gasteiger partial charge in [0.25, 0.3) is 0 Å². The lowest BCUT2D eigenvalue weighted by molar-refractivity contribution is -0.269. The average molecular weight is 325 g/mol. The first kappa shape index (κ1) is 17.8. The minimum Gasteiger partial charge on any atom is -0.394 e. The van der Waals surface area contributed by atoms with Crippen molar-refractivity contribution in [3.8, 4) is 0 Å². The van der Waals surface area contributed by atoms with Crippen molar-refractivity contribution in [2.75, 3.05) is 13.2 Å². The molecule has 23 heavy (non-hydrogen) atoms. The highest BCUT2D eigenvalue weighted by molar-refractivity contribution is 5.73. The van der Waals surface area contributed by atoms with Crippen molar-refractivity contribution in [2.24, 2.45) is 0 Å². The average Bonchev–Trinajstić information content (AvgIpc) is 2.54. The second-order valence-corrected chi connectivity index (χ2v) is 5.54. The second kappa shape index (κ2) is 8.37. The molecule has 0 bridgehead atoms. The van der Waals surface area contributed by atoms with Gasteiger partial charge in [0.2, 0.25) is 5.91 Å². The number of hydrogen-bond acceptors (Lipinski definition) is 6. The van der Waals surface area contributed by atoms with Crippen LogP contribution < -0.4 is 5.32 Å². The molecule has 0 saturated carbocycles. The number of aliphatic hydroxyl groups is 3. The van der Waals surface area contributed by atoms with Gasteiger partial charge >= 0.3 is 0 Å². The van der Waals surface area contributed by atoms with Crippen LogP contribution in [0.4, 0.5) is 0 Å². The molecule has 1 fully saturated rings. The fourth-order valence-corrected chi connectivity index (χ4v) is 2.55. The summed E-state index contributed by atoms with van der Waals surface area (Å²) < 4.78 is 11.1. The summed E-state index contributed by atoms with van der Waals surface area (Å²) in [5.41, 5.74) is 1.08. The second-order valence-electron chi connectivity index (χ2n) is 5.54. The molecule has 7 nitrogen and oxygen atoms in total. The SMILES string of the molecule is CC(=O)N[C@@H]1[C@@H](OCCc2ccccc2)O[C@@H](CO)[C@@H](O)[C@H]1O. The Labute approximate surface area is 134 Å².